The fourth-order valence-corrected chi connectivity index (χ4v) is 0.954. The van der Waals surface area contributed by atoms with Crippen LogP contribution in [0.3, 0.4) is 0 Å². The van der Waals surface area contributed by atoms with Crippen LogP contribution >= 0.6 is 0 Å². The van der Waals surface area contributed by atoms with Crippen molar-refractivity contribution in [3.8, 4) is 0 Å². The van der Waals surface area contributed by atoms with Crippen molar-refractivity contribution < 1.29 is 14.6 Å². The lowest BCUT2D eigenvalue weighted by atomic mass is 10.3. The molecule has 0 saturated carbocycles. The Morgan fingerprint density at radius 1 is 1.64 bits per heavy atom. The molecule has 0 fully saturated rings. The summed E-state index contributed by atoms with van der Waals surface area (Å²) in [6, 6.07) is 0. The summed E-state index contributed by atoms with van der Waals surface area (Å²) in [6.45, 7) is 0.715. The molecule has 0 aliphatic carbocycles. The quantitative estimate of drug-likeness (QED) is 0.441. The lowest BCUT2D eigenvalue weighted by Crippen LogP contribution is -2.34. The maximum absolute atomic E-state index is 10.9. The molecule has 1 rings (SSSR count). The number of aliphatic hydroxyl groups is 1. The molecule has 0 unspecified atom stereocenters. The Balaban J connectivity index is 2.34. The summed E-state index contributed by atoms with van der Waals surface area (Å²) < 4.78 is 4.39. The van der Waals surface area contributed by atoms with Gasteiger partial charge in [-0.1, -0.05) is 12.2 Å². The number of rotatable bonds is 1. The Bertz CT molecular complexity index is 167. The Kier molecular flexibility index (Phi) is 2.92. The molecule has 4 heteroatoms. The second-order valence-corrected chi connectivity index (χ2v) is 2.25. The Hall–Kier alpha value is -1.03. The SMILES string of the molecule is O=C(OCO)N1CC=CCC1. The van der Waals surface area contributed by atoms with Gasteiger partial charge in [-0.2, -0.15) is 0 Å². The van der Waals surface area contributed by atoms with E-state index in [2.05, 4.69) is 4.74 Å². The molecule has 0 aromatic rings. The number of aliphatic hydroxyl groups excluding tert-OH is 1. The van der Waals surface area contributed by atoms with E-state index in [1.807, 2.05) is 12.2 Å². The van der Waals surface area contributed by atoms with E-state index in [-0.39, 0.29) is 0 Å². The highest BCUT2D eigenvalue weighted by Crippen LogP contribution is 2.02. The normalized spacial score (nSPS) is 16.6. The van der Waals surface area contributed by atoms with Crippen molar-refractivity contribution in [3.63, 3.8) is 0 Å². The van der Waals surface area contributed by atoms with Gasteiger partial charge in [0.15, 0.2) is 6.79 Å². The van der Waals surface area contributed by atoms with E-state index in [0.29, 0.717) is 13.1 Å². The minimum Gasteiger partial charge on any atom is -0.422 e. The lowest BCUT2D eigenvalue weighted by Gasteiger charge is -2.21. The van der Waals surface area contributed by atoms with Gasteiger partial charge in [0, 0.05) is 13.1 Å². The number of amides is 1. The van der Waals surface area contributed by atoms with Gasteiger partial charge in [0.25, 0.3) is 0 Å². The summed E-state index contributed by atoms with van der Waals surface area (Å²) in [5.74, 6) is 0. The van der Waals surface area contributed by atoms with Crippen LogP contribution in [-0.2, 0) is 4.74 Å². The summed E-state index contributed by atoms with van der Waals surface area (Å²) in [4.78, 5) is 12.4. The summed E-state index contributed by atoms with van der Waals surface area (Å²) >= 11 is 0. The third-order valence-electron chi connectivity index (χ3n) is 1.50. The monoisotopic (exact) mass is 157 g/mol. The summed E-state index contributed by atoms with van der Waals surface area (Å²) in [7, 11) is 0. The Morgan fingerprint density at radius 2 is 2.45 bits per heavy atom. The molecule has 0 aromatic heterocycles. The number of nitrogens with zero attached hydrogens (tertiary/aromatic N) is 1. The summed E-state index contributed by atoms with van der Waals surface area (Å²) in [6.07, 6.45) is 4.34. The van der Waals surface area contributed by atoms with Crippen LogP contribution in [-0.4, -0.2) is 36.0 Å². The molecule has 4 nitrogen and oxygen atoms in total. The molecular formula is C7H11NO3. The van der Waals surface area contributed by atoms with Crippen LogP contribution in [0.1, 0.15) is 6.42 Å². The predicted octanol–water partition coefficient (Wildman–Crippen LogP) is 0.335. The van der Waals surface area contributed by atoms with Gasteiger partial charge in [-0.25, -0.2) is 4.79 Å². The third kappa shape index (κ3) is 2.23. The fourth-order valence-electron chi connectivity index (χ4n) is 0.954. The minimum atomic E-state index is -0.543. The zero-order valence-corrected chi connectivity index (χ0v) is 6.19. The second-order valence-electron chi connectivity index (χ2n) is 2.25. The Labute approximate surface area is 65.1 Å². The predicted molar refractivity (Wildman–Crippen MR) is 38.9 cm³/mol. The lowest BCUT2D eigenvalue weighted by molar-refractivity contribution is 0.0236. The topological polar surface area (TPSA) is 49.8 Å². The van der Waals surface area contributed by atoms with Crippen LogP contribution in [0.15, 0.2) is 12.2 Å². The number of ether oxygens (including phenoxy) is 1. The average Bonchev–Trinajstić information content (AvgIpc) is 2.07. The van der Waals surface area contributed by atoms with Crippen molar-refractivity contribution in [1.82, 2.24) is 4.90 Å². The minimum absolute atomic E-state index is 0.447. The standard InChI is InChI=1S/C7H11NO3/c9-6-11-7(10)8-4-2-1-3-5-8/h1-2,9H,3-6H2. The number of hydrogen-bond donors (Lipinski definition) is 1. The highest BCUT2D eigenvalue weighted by molar-refractivity contribution is 5.67. The van der Waals surface area contributed by atoms with E-state index in [9.17, 15) is 4.79 Å². The molecule has 62 valence electrons. The molecule has 0 saturated heterocycles. The van der Waals surface area contributed by atoms with Gasteiger partial charge in [-0.3, -0.25) is 0 Å². The van der Waals surface area contributed by atoms with E-state index in [0.717, 1.165) is 6.42 Å². The molecule has 1 N–H and O–H groups in total. The van der Waals surface area contributed by atoms with Crippen molar-refractivity contribution in [1.29, 1.82) is 0 Å². The van der Waals surface area contributed by atoms with Crippen molar-refractivity contribution in [2.75, 3.05) is 19.9 Å². The molecule has 1 heterocycles. The van der Waals surface area contributed by atoms with Crippen LogP contribution in [0.2, 0.25) is 0 Å². The fraction of sp³-hybridized carbons (Fsp3) is 0.571. The van der Waals surface area contributed by atoms with Crippen LogP contribution in [0.4, 0.5) is 4.79 Å². The van der Waals surface area contributed by atoms with Crippen LogP contribution in [0.5, 0.6) is 0 Å². The van der Waals surface area contributed by atoms with Gasteiger partial charge in [-0.05, 0) is 6.42 Å². The van der Waals surface area contributed by atoms with Crippen LogP contribution in [0.25, 0.3) is 0 Å². The Morgan fingerprint density at radius 3 is 3.00 bits per heavy atom. The van der Waals surface area contributed by atoms with Crippen LogP contribution < -0.4 is 0 Å². The van der Waals surface area contributed by atoms with E-state index >= 15 is 0 Å². The van der Waals surface area contributed by atoms with E-state index in [1.165, 1.54) is 4.90 Å². The first-order chi connectivity index (χ1) is 5.34. The van der Waals surface area contributed by atoms with Gasteiger partial charge in [0.05, 0.1) is 0 Å². The molecule has 0 radical (unpaired) electrons. The van der Waals surface area contributed by atoms with Crippen molar-refractivity contribution >= 4 is 6.09 Å². The van der Waals surface area contributed by atoms with Crippen molar-refractivity contribution in [2.45, 2.75) is 6.42 Å². The van der Waals surface area contributed by atoms with Gasteiger partial charge in [0.1, 0.15) is 0 Å². The third-order valence-corrected chi connectivity index (χ3v) is 1.50. The highest BCUT2D eigenvalue weighted by atomic mass is 16.6. The highest BCUT2D eigenvalue weighted by Gasteiger charge is 2.13. The number of hydrogen-bond acceptors (Lipinski definition) is 3. The molecule has 11 heavy (non-hydrogen) atoms. The number of carbonyl (C=O) groups excluding carboxylic acids is 1. The second kappa shape index (κ2) is 3.98. The molecule has 1 aliphatic heterocycles. The maximum atomic E-state index is 10.9. The van der Waals surface area contributed by atoms with E-state index in [1.54, 1.807) is 0 Å². The van der Waals surface area contributed by atoms with Crippen LogP contribution in [0, 0.1) is 0 Å². The van der Waals surface area contributed by atoms with Gasteiger partial charge >= 0.3 is 6.09 Å². The summed E-state index contributed by atoms with van der Waals surface area (Å²) in [5, 5.41) is 8.28. The van der Waals surface area contributed by atoms with E-state index < -0.39 is 12.9 Å². The molecule has 0 atom stereocenters. The molecular weight excluding hydrogens is 146 g/mol. The first-order valence-electron chi connectivity index (χ1n) is 3.52. The van der Waals surface area contributed by atoms with Gasteiger partial charge in [0.2, 0.25) is 0 Å². The number of carbonyl (C=O) groups is 1. The molecule has 1 amide bonds. The molecule has 0 spiro atoms. The zero-order valence-electron chi connectivity index (χ0n) is 6.19. The summed E-state index contributed by atoms with van der Waals surface area (Å²) in [5.41, 5.74) is 0. The molecule has 1 aliphatic rings. The average molecular weight is 157 g/mol. The zero-order chi connectivity index (χ0) is 8.10. The largest absolute Gasteiger partial charge is 0.422 e. The molecule has 0 aromatic carbocycles. The molecule has 0 bridgehead atoms. The maximum Gasteiger partial charge on any atom is 0.412 e. The smallest absolute Gasteiger partial charge is 0.412 e. The first-order valence-corrected chi connectivity index (χ1v) is 3.52. The van der Waals surface area contributed by atoms with Crippen molar-refractivity contribution in [2.24, 2.45) is 0 Å². The first kappa shape index (κ1) is 8.07. The van der Waals surface area contributed by atoms with Gasteiger partial charge in [-0.15, -0.1) is 0 Å². The van der Waals surface area contributed by atoms with Crippen molar-refractivity contribution in [3.05, 3.63) is 12.2 Å². The van der Waals surface area contributed by atoms with Gasteiger partial charge < -0.3 is 14.7 Å². The van der Waals surface area contributed by atoms with E-state index in [4.69, 9.17) is 5.11 Å².